The van der Waals surface area contributed by atoms with E-state index in [0.717, 1.165) is 5.56 Å². The third-order valence-electron chi connectivity index (χ3n) is 4.65. The summed E-state index contributed by atoms with van der Waals surface area (Å²) in [6, 6.07) is 8.87. The monoisotopic (exact) mass is 412 g/mol. The van der Waals surface area contributed by atoms with Crippen LogP contribution in [0, 0.1) is 12.8 Å². The zero-order valence-electron chi connectivity index (χ0n) is 14.5. The summed E-state index contributed by atoms with van der Waals surface area (Å²) in [6.07, 6.45) is -5.29. The van der Waals surface area contributed by atoms with Gasteiger partial charge in [-0.2, -0.15) is 13.2 Å². The van der Waals surface area contributed by atoms with Crippen LogP contribution in [0.25, 0.3) is 0 Å². The lowest BCUT2D eigenvalue weighted by Crippen LogP contribution is -2.72. The van der Waals surface area contributed by atoms with Gasteiger partial charge in [0.05, 0.1) is 6.04 Å². The van der Waals surface area contributed by atoms with Gasteiger partial charge in [-0.05, 0) is 24.6 Å². The Morgan fingerprint density at radius 2 is 1.68 bits per heavy atom. The number of Topliss-reactive ketones (excluding diaryl/α,β-unsaturated/α-hetero) is 1. The van der Waals surface area contributed by atoms with Crippen LogP contribution in [0.2, 0.25) is 5.02 Å². The van der Waals surface area contributed by atoms with E-state index in [9.17, 15) is 27.9 Å². The van der Waals surface area contributed by atoms with Crippen molar-refractivity contribution in [2.45, 2.75) is 24.9 Å². The number of benzene rings is 2. The molecule has 148 valence electrons. The molecule has 0 radical (unpaired) electrons. The minimum Gasteiger partial charge on any atom is -0.363 e. The van der Waals surface area contributed by atoms with Crippen molar-refractivity contribution in [3.05, 3.63) is 70.2 Å². The Hall–Kier alpha value is -2.58. The molecule has 2 aromatic carbocycles. The van der Waals surface area contributed by atoms with Crippen molar-refractivity contribution in [2.75, 3.05) is 0 Å². The molecule has 1 fully saturated rings. The first kappa shape index (κ1) is 20.2. The second-order valence-corrected chi connectivity index (χ2v) is 7.04. The summed E-state index contributed by atoms with van der Waals surface area (Å²) < 4.78 is 41.3. The summed E-state index contributed by atoms with van der Waals surface area (Å²) in [5.74, 6) is -3.03. The first-order chi connectivity index (χ1) is 13.0. The van der Waals surface area contributed by atoms with Crippen molar-refractivity contribution >= 4 is 23.4 Å². The van der Waals surface area contributed by atoms with E-state index in [0.29, 0.717) is 5.02 Å². The number of rotatable bonds is 3. The zero-order valence-corrected chi connectivity index (χ0v) is 15.3. The molecule has 0 aromatic heterocycles. The molecule has 3 N–H and O–H groups in total. The molecule has 0 saturated carbocycles. The predicted octanol–water partition coefficient (Wildman–Crippen LogP) is 3.75. The van der Waals surface area contributed by atoms with Crippen molar-refractivity contribution in [1.82, 2.24) is 10.6 Å². The highest BCUT2D eigenvalue weighted by Gasteiger charge is 2.66. The van der Waals surface area contributed by atoms with Crippen molar-refractivity contribution in [3.8, 4) is 0 Å². The molecule has 2 aromatic rings. The molecule has 0 unspecified atom stereocenters. The van der Waals surface area contributed by atoms with Gasteiger partial charge in [0.2, 0.25) is 5.72 Å². The average molecular weight is 413 g/mol. The Balaban J connectivity index is 2.15. The highest BCUT2D eigenvalue weighted by atomic mass is 35.5. The van der Waals surface area contributed by atoms with Crippen molar-refractivity contribution in [3.63, 3.8) is 0 Å². The van der Waals surface area contributed by atoms with Crippen LogP contribution in [0.4, 0.5) is 18.0 Å². The number of aryl methyl sites for hydroxylation is 1. The number of amides is 2. The van der Waals surface area contributed by atoms with Gasteiger partial charge in [0.25, 0.3) is 0 Å². The van der Waals surface area contributed by atoms with Crippen LogP contribution < -0.4 is 10.6 Å². The molecule has 9 heteroatoms. The molecule has 2 amide bonds. The number of urea groups is 1. The smallest absolute Gasteiger partial charge is 0.363 e. The predicted molar refractivity (Wildman–Crippen MR) is 95.9 cm³/mol. The van der Waals surface area contributed by atoms with Gasteiger partial charge in [0.15, 0.2) is 5.78 Å². The molecule has 3 atom stereocenters. The first-order valence-corrected chi connectivity index (χ1v) is 8.65. The number of aliphatic hydroxyl groups is 1. The van der Waals surface area contributed by atoms with E-state index in [1.807, 2.05) is 0 Å². The molecule has 1 aliphatic heterocycles. The summed E-state index contributed by atoms with van der Waals surface area (Å²) in [6.45, 7) is 1.76. The van der Waals surface area contributed by atoms with E-state index in [1.54, 1.807) is 19.1 Å². The van der Waals surface area contributed by atoms with Crippen LogP contribution >= 0.6 is 11.6 Å². The maximum absolute atomic E-state index is 13.8. The standard InChI is InChI=1S/C19H16ClF3N2O3/c1-10-2-4-12(5-3-10)16(26)14-15(11-6-8-13(20)9-7-11)24-17(27)25-18(14,28)19(21,22)23/h2-9,14-15,28H,1H3,(H2,24,25,27)/t14-,15+,18+/m1/s1. The number of carbonyl (C=O) groups excluding carboxylic acids is 2. The summed E-state index contributed by atoms with van der Waals surface area (Å²) >= 11 is 5.82. The second kappa shape index (κ2) is 7.10. The fraction of sp³-hybridized carbons (Fsp3) is 0.263. The van der Waals surface area contributed by atoms with E-state index in [-0.39, 0.29) is 11.1 Å². The molecule has 1 saturated heterocycles. The Morgan fingerprint density at radius 3 is 2.21 bits per heavy atom. The van der Waals surface area contributed by atoms with Crippen molar-refractivity contribution in [1.29, 1.82) is 0 Å². The van der Waals surface area contributed by atoms with Gasteiger partial charge >= 0.3 is 12.2 Å². The van der Waals surface area contributed by atoms with E-state index < -0.39 is 35.7 Å². The number of nitrogens with one attached hydrogen (secondary N) is 2. The maximum atomic E-state index is 13.8. The number of alkyl halides is 3. The number of ketones is 1. The maximum Gasteiger partial charge on any atom is 0.437 e. The SMILES string of the molecule is Cc1ccc(C(=O)[C@H]2[C@H](c3ccc(Cl)cc3)NC(=O)N[C@@]2(O)C(F)(F)F)cc1. The summed E-state index contributed by atoms with van der Waals surface area (Å²) in [7, 11) is 0. The van der Waals surface area contributed by atoms with E-state index >= 15 is 0 Å². The lowest BCUT2D eigenvalue weighted by Gasteiger charge is -2.45. The first-order valence-electron chi connectivity index (χ1n) is 8.27. The van der Waals surface area contributed by atoms with Gasteiger partial charge in [-0.15, -0.1) is 0 Å². The van der Waals surface area contributed by atoms with Gasteiger partial charge in [-0.1, -0.05) is 53.6 Å². The topological polar surface area (TPSA) is 78.4 Å². The van der Waals surface area contributed by atoms with Gasteiger partial charge in [-0.25, -0.2) is 4.79 Å². The summed E-state index contributed by atoms with van der Waals surface area (Å²) in [5.41, 5.74) is -2.75. The van der Waals surface area contributed by atoms with Crippen molar-refractivity contribution in [2.24, 2.45) is 5.92 Å². The van der Waals surface area contributed by atoms with Gasteiger partial charge in [0.1, 0.15) is 5.92 Å². The number of carbonyl (C=O) groups is 2. The molecule has 5 nitrogen and oxygen atoms in total. The molecule has 1 heterocycles. The number of hydrogen-bond donors (Lipinski definition) is 3. The highest BCUT2D eigenvalue weighted by Crippen LogP contribution is 2.44. The molecule has 0 aliphatic carbocycles. The second-order valence-electron chi connectivity index (χ2n) is 6.60. The molecule has 3 rings (SSSR count). The van der Waals surface area contributed by atoms with Crippen LogP contribution in [0.5, 0.6) is 0 Å². The molecular weight excluding hydrogens is 397 g/mol. The highest BCUT2D eigenvalue weighted by molar-refractivity contribution is 6.30. The fourth-order valence-electron chi connectivity index (χ4n) is 3.18. The van der Waals surface area contributed by atoms with Gasteiger partial charge < -0.3 is 15.7 Å². The minimum atomic E-state index is -5.29. The van der Waals surface area contributed by atoms with Crippen LogP contribution in [0.15, 0.2) is 48.5 Å². The Kier molecular flexibility index (Phi) is 5.12. The van der Waals surface area contributed by atoms with E-state index in [2.05, 4.69) is 5.32 Å². The van der Waals surface area contributed by atoms with Crippen molar-refractivity contribution < 1.29 is 27.9 Å². The van der Waals surface area contributed by atoms with E-state index in [1.165, 1.54) is 41.7 Å². The van der Waals surface area contributed by atoms with Gasteiger partial charge in [-0.3, -0.25) is 4.79 Å². The third kappa shape index (κ3) is 3.57. The molecule has 28 heavy (non-hydrogen) atoms. The fourth-order valence-corrected chi connectivity index (χ4v) is 3.31. The minimum absolute atomic E-state index is 0.0183. The largest absolute Gasteiger partial charge is 0.437 e. The van der Waals surface area contributed by atoms with Gasteiger partial charge in [0, 0.05) is 10.6 Å². The molecule has 1 aliphatic rings. The molecular formula is C19H16ClF3N2O3. The quantitative estimate of drug-likeness (QED) is 0.672. The van der Waals surface area contributed by atoms with Crippen LogP contribution in [0.1, 0.15) is 27.5 Å². The normalized spacial score (nSPS) is 25.0. The number of hydrogen-bond acceptors (Lipinski definition) is 3. The third-order valence-corrected chi connectivity index (χ3v) is 4.91. The lowest BCUT2D eigenvalue weighted by molar-refractivity contribution is -0.287. The van der Waals surface area contributed by atoms with Crippen LogP contribution in [0.3, 0.4) is 0 Å². The molecule has 0 spiro atoms. The Bertz CT molecular complexity index is 900. The Morgan fingerprint density at radius 1 is 1.11 bits per heavy atom. The van der Waals surface area contributed by atoms with Crippen LogP contribution in [-0.2, 0) is 0 Å². The van der Waals surface area contributed by atoms with Crippen LogP contribution in [-0.4, -0.2) is 28.8 Å². The molecule has 0 bridgehead atoms. The lowest BCUT2D eigenvalue weighted by atomic mass is 9.77. The Labute approximate surface area is 163 Å². The summed E-state index contributed by atoms with van der Waals surface area (Å²) in [5, 5.41) is 14.6. The zero-order chi connectivity index (χ0) is 20.7. The summed E-state index contributed by atoms with van der Waals surface area (Å²) in [4.78, 5) is 25.0. The number of halogens is 4. The van der Waals surface area contributed by atoms with E-state index in [4.69, 9.17) is 11.6 Å². The average Bonchev–Trinajstić information content (AvgIpc) is 2.61.